The highest BCUT2D eigenvalue weighted by molar-refractivity contribution is 7.86. The number of nitrogens with zero attached hydrogens (tertiary/aromatic N) is 3. The molecule has 1 atom stereocenters. The Balaban J connectivity index is 2.18. The van der Waals surface area contributed by atoms with E-state index >= 15 is 0 Å². The molecule has 1 aromatic heterocycles. The third-order valence-electron chi connectivity index (χ3n) is 3.66. The number of rotatable bonds is 8. The summed E-state index contributed by atoms with van der Waals surface area (Å²) in [4.78, 5) is 25.6. The predicted octanol–water partition coefficient (Wildman–Crippen LogP) is 1.75. The fourth-order valence-electron chi connectivity index (χ4n) is 2.33. The number of benzene rings is 1. The maximum absolute atomic E-state index is 12.3. The van der Waals surface area contributed by atoms with Crippen molar-refractivity contribution in [3.63, 3.8) is 0 Å². The van der Waals surface area contributed by atoms with E-state index in [-0.39, 0.29) is 17.3 Å². The number of carbonyl (C=O) groups excluding carboxylic acids is 1. The second-order valence-electron chi connectivity index (χ2n) is 5.81. The summed E-state index contributed by atoms with van der Waals surface area (Å²) in [5.41, 5.74) is 0.884. The van der Waals surface area contributed by atoms with Gasteiger partial charge in [-0.15, -0.1) is 0 Å². The Morgan fingerprint density at radius 2 is 1.93 bits per heavy atom. The molecule has 1 unspecified atom stereocenters. The number of imidazole rings is 1. The molecule has 10 nitrogen and oxygen atoms in total. The molecule has 0 spiro atoms. The van der Waals surface area contributed by atoms with Crippen LogP contribution in [0.1, 0.15) is 18.3 Å². The molecule has 0 amide bonds. The topological polar surface area (TPSA) is 131 Å². The lowest BCUT2D eigenvalue weighted by atomic mass is 10.2. The Bertz CT molecular complexity index is 935. The largest absolute Gasteiger partial charge is 0.456 e. The smallest absolute Gasteiger partial charge is 0.342 e. The minimum Gasteiger partial charge on any atom is -0.456 e. The highest BCUT2D eigenvalue weighted by Gasteiger charge is 2.26. The van der Waals surface area contributed by atoms with Crippen LogP contribution in [-0.4, -0.2) is 41.6 Å². The molecule has 2 rings (SSSR count). The van der Waals surface area contributed by atoms with E-state index in [1.54, 1.807) is 19.1 Å². The van der Waals surface area contributed by atoms with E-state index in [1.165, 1.54) is 16.7 Å². The van der Waals surface area contributed by atoms with E-state index in [0.717, 1.165) is 18.7 Å². The molecule has 0 aliphatic carbocycles. The van der Waals surface area contributed by atoms with E-state index in [1.807, 2.05) is 6.92 Å². The van der Waals surface area contributed by atoms with Crippen molar-refractivity contribution in [2.45, 2.75) is 38.3 Å². The first-order chi connectivity index (χ1) is 12.6. The third-order valence-corrected chi connectivity index (χ3v) is 4.95. The van der Waals surface area contributed by atoms with Crippen LogP contribution in [0.2, 0.25) is 0 Å². The van der Waals surface area contributed by atoms with Crippen molar-refractivity contribution >= 4 is 21.9 Å². The molecule has 146 valence electrons. The lowest BCUT2D eigenvalue weighted by Crippen LogP contribution is -2.29. The molecule has 0 aliphatic heterocycles. The third kappa shape index (κ3) is 5.34. The van der Waals surface area contributed by atoms with Crippen LogP contribution in [0.25, 0.3) is 0 Å². The quantitative estimate of drug-likeness (QED) is 0.285. The van der Waals surface area contributed by atoms with Gasteiger partial charge in [0.2, 0.25) is 0 Å². The van der Waals surface area contributed by atoms with E-state index in [0.29, 0.717) is 5.82 Å². The Labute approximate surface area is 156 Å². The molecule has 11 heteroatoms. The van der Waals surface area contributed by atoms with Crippen molar-refractivity contribution in [2.75, 3.05) is 6.61 Å². The Morgan fingerprint density at radius 3 is 2.48 bits per heavy atom. The summed E-state index contributed by atoms with van der Waals surface area (Å²) >= 11 is 0. The fraction of sp³-hybridized carbons (Fsp3) is 0.375. The van der Waals surface area contributed by atoms with Crippen LogP contribution < -0.4 is 0 Å². The number of esters is 1. The molecular formula is C16H19N3O7S. The van der Waals surface area contributed by atoms with Gasteiger partial charge in [-0.3, -0.25) is 8.98 Å². The molecule has 2 aromatic rings. The molecule has 0 N–H and O–H groups in total. The molecule has 0 saturated heterocycles. The van der Waals surface area contributed by atoms with Gasteiger partial charge >= 0.3 is 11.8 Å². The summed E-state index contributed by atoms with van der Waals surface area (Å²) in [5, 5.41) is 11.1. The van der Waals surface area contributed by atoms with Crippen LogP contribution in [-0.2, 0) is 30.4 Å². The summed E-state index contributed by atoms with van der Waals surface area (Å²) in [5.74, 6) is -0.650. The summed E-state index contributed by atoms with van der Waals surface area (Å²) < 4.78 is 35.9. The van der Waals surface area contributed by atoms with Gasteiger partial charge in [-0.05, 0) is 24.0 Å². The van der Waals surface area contributed by atoms with Gasteiger partial charge in [0.05, 0.1) is 4.90 Å². The van der Waals surface area contributed by atoms with Crippen molar-refractivity contribution < 1.29 is 27.1 Å². The van der Waals surface area contributed by atoms with E-state index in [9.17, 15) is 23.3 Å². The Kier molecular flexibility index (Phi) is 6.28. The van der Waals surface area contributed by atoms with Crippen LogP contribution >= 0.6 is 0 Å². The number of hydrogen-bond acceptors (Lipinski definition) is 8. The summed E-state index contributed by atoms with van der Waals surface area (Å²) in [6.07, 6.45) is 0.0127. The van der Waals surface area contributed by atoms with Crippen molar-refractivity contribution in [3.8, 4) is 0 Å². The van der Waals surface area contributed by atoms with E-state index in [2.05, 4.69) is 4.98 Å². The lowest BCUT2D eigenvalue weighted by Gasteiger charge is -2.16. The average molecular weight is 397 g/mol. The van der Waals surface area contributed by atoms with Crippen LogP contribution in [0.4, 0.5) is 5.82 Å². The van der Waals surface area contributed by atoms with E-state index < -0.39 is 33.7 Å². The van der Waals surface area contributed by atoms with Gasteiger partial charge < -0.3 is 14.9 Å². The second kappa shape index (κ2) is 8.27. The lowest BCUT2D eigenvalue weighted by molar-refractivity contribution is -0.392. The maximum Gasteiger partial charge on any atom is 0.342 e. The average Bonchev–Trinajstić information content (AvgIpc) is 2.94. The molecule has 1 heterocycles. The number of aryl methyl sites for hydroxylation is 2. The van der Waals surface area contributed by atoms with Crippen molar-refractivity contribution in [3.05, 3.63) is 52.0 Å². The molecule has 0 aliphatic rings. The number of carbonyl (C=O) groups is 1. The molecule has 0 saturated carbocycles. The molecule has 0 fully saturated rings. The summed E-state index contributed by atoms with van der Waals surface area (Å²) in [6.45, 7) is 3.84. The van der Waals surface area contributed by atoms with Crippen molar-refractivity contribution in [1.82, 2.24) is 9.55 Å². The van der Waals surface area contributed by atoms with Crippen LogP contribution in [0.15, 0.2) is 35.4 Å². The van der Waals surface area contributed by atoms with Crippen LogP contribution in [0, 0.1) is 24.0 Å². The highest BCUT2D eigenvalue weighted by atomic mass is 32.2. The normalized spacial score (nSPS) is 12.6. The molecule has 0 bridgehead atoms. The van der Waals surface area contributed by atoms with Crippen molar-refractivity contribution in [1.29, 1.82) is 0 Å². The number of nitro groups is 1. The minimum atomic E-state index is -4.07. The standard InChI is InChI=1S/C16H19N3O7S/c1-11-4-6-15(7-5-11)27(23,24)25-10-14(26-13(3)20)9-18-12(2)17-8-16(18)19(21)22/h4-8,14H,9-10H2,1-3H3. The Morgan fingerprint density at radius 1 is 1.30 bits per heavy atom. The molecular weight excluding hydrogens is 378 g/mol. The number of ether oxygens (including phenoxy) is 1. The summed E-state index contributed by atoms with van der Waals surface area (Å²) in [7, 11) is -4.07. The number of aromatic nitrogens is 2. The van der Waals surface area contributed by atoms with Gasteiger partial charge in [-0.25, -0.2) is 9.55 Å². The van der Waals surface area contributed by atoms with Crippen LogP contribution in [0.5, 0.6) is 0 Å². The SMILES string of the molecule is CC(=O)OC(COS(=O)(=O)c1ccc(C)cc1)Cn1c([N+](=O)[O-])cnc1C. The molecule has 1 aromatic carbocycles. The van der Waals surface area contributed by atoms with Gasteiger partial charge in [-0.2, -0.15) is 8.42 Å². The predicted molar refractivity (Wildman–Crippen MR) is 93.5 cm³/mol. The zero-order chi connectivity index (χ0) is 20.2. The van der Waals surface area contributed by atoms with Crippen LogP contribution in [0.3, 0.4) is 0 Å². The zero-order valence-electron chi connectivity index (χ0n) is 15.0. The van der Waals surface area contributed by atoms with Gasteiger partial charge in [0.25, 0.3) is 10.1 Å². The van der Waals surface area contributed by atoms with Gasteiger partial charge in [0, 0.05) is 13.8 Å². The Hall–Kier alpha value is -2.79. The second-order valence-corrected chi connectivity index (χ2v) is 7.43. The van der Waals surface area contributed by atoms with Gasteiger partial charge in [0.1, 0.15) is 19.3 Å². The highest BCUT2D eigenvalue weighted by Crippen LogP contribution is 2.17. The minimum absolute atomic E-state index is 0.0422. The number of hydrogen-bond donors (Lipinski definition) is 0. The monoisotopic (exact) mass is 397 g/mol. The molecule has 0 radical (unpaired) electrons. The maximum atomic E-state index is 12.3. The first-order valence-corrected chi connectivity index (χ1v) is 9.31. The van der Waals surface area contributed by atoms with E-state index in [4.69, 9.17) is 8.92 Å². The summed E-state index contributed by atoms with van der Waals surface area (Å²) in [6, 6.07) is 6.04. The first kappa shape index (κ1) is 20.5. The molecule has 27 heavy (non-hydrogen) atoms. The van der Waals surface area contributed by atoms with Gasteiger partial charge in [-0.1, -0.05) is 17.7 Å². The zero-order valence-corrected chi connectivity index (χ0v) is 15.8. The fourth-order valence-corrected chi connectivity index (χ4v) is 3.26. The first-order valence-electron chi connectivity index (χ1n) is 7.90. The van der Waals surface area contributed by atoms with Crippen molar-refractivity contribution in [2.24, 2.45) is 0 Å². The van der Waals surface area contributed by atoms with Gasteiger partial charge in [0.15, 0.2) is 11.9 Å².